The van der Waals surface area contributed by atoms with Crippen molar-refractivity contribution in [2.45, 2.75) is 13.3 Å². The molecule has 0 radical (unpaired) electrons. The van der Waals surface area contributed by atoms with E-state index in [0.717, 1.165) is 5.56 Å². The van der Waals surface area contributed by atoms with E-state index in [1.165, 1.54) is 13.0 Å². The van der Waals surface area contributed by atoms with Crippen molar-refractivity contribution in [3.63, 3.8) is 0 Å². The van der Waals surface area contributed by atoms with E-state index >= 15 is 0 Å². The number of hydrogen-bond donors (Lipinski definition) is 0. The van der Waals surface area contributed by atoms with Gasteiger partial charge in [-0.25, -0.2) is 4.98 Å². The Hall–Kier alpha value is -2.77. The maximum absolute atomic E-state index is 11.2. The number of nitro groups is 2. The molecule has 0 unspecified atom stereocenters. The average Bonchev–Trinajstić information content (AvgIpc) is 2.81. The first-order chi connectivity index (χ1) is 9.49. The number of nitro benzene ring substituents is 2. The molecule has 0 amide bonds. The predicted octanol–water partition coefficient (Wildman–Crippen LogP) is 2.29. The standard InChI is InChI=1S/C12H9N3O5/c1-6-9(14(16)17)5-8-4-7-2-3-20-12(7)13-10(8)11(6)15(18)19/h4-5H,2-3H2,1H3. The summed E-state index contributed by atoms with van der Waals surface area (Å²) in [6.45, 7) is 1.82. The number of nitrogens with zero attached hydrogens (tertiary/aromatic N) is 3. The van der Waals surface area contributed by atoms with Crippen LogP contribution in [0.5, 0.6) is 5.88 Å². The van der Waals surface area contributed by atoms with Crippen LogP contribution in [0.15, 0.2) is 12.1 Å². The van der Waals surface area contributed by atoms with Crippen LogP contribution in [0.1, 0.15) is 11.1 Å². The van der Waals surface area contributed by atoms with Crippen LogP contribution in [-0.2, 0) is 6.42 Å². The van der Waals surface area contributed by atoms with E-state index < -0.39 is 9.85 Å². The monoisotopic (exact) mass is 275 g/mol. The van der Waals surface area contributed by atoms with Gasteiger partial charge in [0.25, 0.3) is 5.69 Å². The summed E-state index contributed by atoms with van der Waals surface area (Å²) >= 11 is 0. The first-order valence-corrected chi connectivity index (χ1v) is 5.88. The Labute approximate surface area is 112 Å². The molecular weight excluding hydrogens is 266 g/mol. The summed E-state index contributed by atoms with van der Waals surface area (Å²) < 4.78 is 5.29. The molecule has 3 rings (SSSR count). The molecule has 0 saturated heterocycles. The molecule has 0 bridgehead atoms. The lowest BCUT2D eigenvalue weighted by Crippen LogP contribution is -2.00. The van der Waals surface area contributed by atoms with Crippen molar-refractivity contribution in [1.82, 2.24) is 4.98 Å². The second kappa shape index (κ2) is 4.12. The zero-order valence-corrected chi connectivity index (χ0v) is 10.5. The summed E-state index contributed by atoms with van der Waals surface area (Å²) in [5, 5.41) is 22.6. The number of ether oxygens (including phenoxy) is 1. The fraction of sp³-hybridized carbons (Fsp3) is 0.250. The fourth-order valence-corrected chi connectivity index (χ4v) is 2.38. The van der Waals surface area contributed by atoms with Crippen molar-refractivity contribution < 1.29 is 14.6 Å². The minimum atomic E-state index is -0.640. The van der Waals surface area contributed by atoms with Crippen LogP contribution in [-0.4, -0.2) is 21.4 Å². The third-order valence-corrected chi connectivity index (χ3v) is 3.34. The number of aromatic nitrogens is 1. The van der Waals surface area contributed by atoms with Crippen LogP contribution >= 0.6 is 0 Å². The van der Waals surface area contributed by atoms with Gasteiger partial charge in [0.2, 0.25) is 5.88 Å². The number of pyridine rings is 1. The molecule has 0 spiro atoms. The first kappa shape index (κ1) is 12.3. The minimum absolute atomic E-state index is 0.00190. The second-order valence-corrected chi connectivity index (χ2v) is 4.51. The lowest BCUT2D eigenvalue weighted by Gasteiger charge is -2.05. The van der Waals surface area contributed by atoms with Crippen molar-refractivity contribution in [1.29, 1.82) is 0 Å². The maximum atomic E-state index is 11.2. The zero-order chi connectivity index (χ0) is 14.4. The van der Waals surface area contributed by atoms with Gasteiger partial charge in [0.15, 0.2) is 5.52 Å². The summed E-state index contributed by atoms with van der Waals surface area (Å²) in [5.41, 5.74) is 0.319. The topological polar surface area (TPSA) is 108 Å². The van der Waals surface area contributed by atoms with Crippen molar-refractivity contribution in [3.8, 4) is 5.88 Å². The van der Waals surface area contributed by atoms with Crippen LogP contribution < -0.4 is 4.74 Å². The Morgan fingerprint density at radius 2 is 2.00 bits per heavy atom. The lowest BCUT2D eigenvalue weighted by atomic mass is 10.0. The van der Waals surface area contributed by atoms with Crippen molar-refractivity contribution in [3.05, 3.63) is 43.5 Å². The van der Waals surface area contributed by atoms with Crippen molar-refractivity contribution >= 4 is 22.3 Å². The highest BCUT2D eigenvalue weighted by molar-refractivity contribution is 5.92. The van der Waals surface area contributed by atoms with Gasteiger partial charge in [-0.3, -0.25) is 20.2 Å². The second-order valence-electron chi connectivity index (χ2n) is 4.51. The van der Waals surface area contributed by atoms with E-state index in [1.54, 1.807) is 6.07 Å². The molecule has 2 aromatic rings. The van der Waals surface area contributed by atoms with Gasteiger partial charge in [-0.05, 0) is 13.0 Å². The smallest absolute Gasteiger partial charge is 0.305 e. The van der Waals surface area contributed by atoms with E-state index in [2.05, 4.69) is 4.98 Å². The van der Waals surface area contributed by atoms with E-state index in [-0.39, 0.29) is 22.5 Å². The number of rotatable bonds is 2. The molecule has 0 aliphatic carbocycles. The Morgan fingerprint density at radius 1 is 1.25 bits per heavy atom. The van der Waals surface area contributed by atoms with Gasteiger partial charge < -0.3 is 4.74 Å². The van der Waals surface area contributed by atoms with Gasteiger partial charge in [-0.1, -0.05) is 0 Å². The molecule has 0 fully saturated rings. The SMILES string of the molecule is Cc1c([N+](=O)[O-])cc2cc3c(nc2c1[N+](=O)[O-])OCC3. The van der Waals surface area contributed by atoms with Gasteiger partial charge in [0.05, 0.1) is 16.5 Å². The van der Waals surface area contributed by atoms with Crippen LogP contribution in [0.3, 0.4) is 0 Å². The molecule has 1 aliphatic heterocycles. The Kier molecular flexibility index (Phi) is 2.53. The summed E-state index contributed by atoms with van der Waals surface area (Å²) in [6, 6.07) is 2.99. The maximum Gasteiger partial charge on any atom is 0.305 e. The average molecular weight is 275 g/mol. The van der Waals surface area contributed by atoms with Gasteiger partial charge in [0, 0.05) is 23.4 Å². The summed E-state index contributed by atoms with van der Waals surface area (Å²) in [7, 11) is 0. The summed E-state index contributed by atoms with van der Waals surface area (Å²) in [4.78, 5) is 25.1. The van der Waals surface area contributed by atoms with Crippen LogP contribution in [0.4, 0.5) is 11.4 Å². The quantitative estimate of drug-likeness (QED) is 0.614. The van der Waals surface area contributed by atoms with Crippen LogP contribution in [0.25, 0.3) is 10.9 Å². The van der Waals surface area contributed by atoms with Gasteiger partial charge in [-0.15, -0.1) is 0 Å². The Morgan fingerprint density at radius 3 is 2.65 bits per heavy atom. The predicted molar refractivity (Wildman–Crippen MR) is 69.0 cm³/mol. The third kappa shape index (κ3) is 1.65. The molecular formula is C12H9N3O5. The number of hydrogen-bond acceptors (Lipinski definition) is 6. The van der Waals surface area contributed by atoms with E-state index in [0.29, 0.717) is 24.3 Å². The lowest BCUT2D eigenvalue weighted by molar-refractivity contribution is -0.394. The molecule has 0 atom stereocenters. The molecule has 1 aromatic heterocycles. The minimum Gasteiger partial charge on any atom is -0.477 e. The van der Waals surface area contributed by atoms with Crippen molar-refractivity contribution in [2.24, 2.45) is 0 Å². The summed E-state index contributed by atoms with van der Waals surface area (Å²) in [5.74, 6) is 0.369. The number of benzene rings is 1. The Balaban J connectivity index is 2.43. The zero-order valence-electron chi connectivity index (χ0n) is 10.5. The van der Waals surface area contributed by atoms with Crippen LogP contribution in [0, 0.1) is 27.2 Å². The van der Waals surface area contributed by atoms with Crippen molar-refractivity contribution in [2.75, 3.05) is 6.61 Å². The highest BCUT2D eigenvalue weighted by Gasteiger charge is 2.28. The van der Waals surface area contributed by atoms with Gasteiger partial charge >= 0.3 is 5.69 Å². The molecule has 102 valence electrons. The van der Waals surface area contributed by atoms with E-state index in [4.69, 9.17) is 4.74 Å². The fourth-order valence-electron chi connectivity index (χ4n) is 2.38. The number of fused-ring (bicyclic) bond motifs is 2. The molecule has 0 saturated carbocycles. The Bertz CT molecular complexity index is 772. The van der Waals surface area contributed by atoms with Gasteiger partial charge in [-0.2, -0.15) is 0 Å². The normalized spacial score (nSPS) is 13.1. The highest BCUT2D eigenvalue weighted by Crippen LogP contribution is 2.37. The molecule has 20 heavy (non-hydrogen) atoms. The summed E-state index contributed by atoms with van der Waals surface area (Å²) in [6.07, 6.45) is 0.647. The molecule has 1 aromatic carbocycles. The van der Waals surface area contributed by atoms with E-state index in [9.17, 15) is 20.2 Å². The molecule has 8 nitrogen and oxygen atoms in total. The molecule has 0 N–H and O–H groups in total. The highest BCUT2D eigenvalue weighted by atomic mass is 16.6. The van der Waals surface area contributed by atoms with Crippen LogP contribution in [0.2, 0.25) is 0 Å². The molecule has 8 heteroatoms. The molecule has 1 aliphatic rings. The van der Waals surface area contributed by atoms with E-state index in [1.807, 2.05) is 0 Å². The molecule has 2 heterocycles. The largest absolute Gasteiger partial charge is 0.477 e. The third-order valence-electron chi connectivity index (χ3n) is 3.34. The first-order valence-electron chi connectivity index (χ1n) is 5.88. The van der Waals surface area contributed by atoms with Gasteiger partial charge in [0.1, 0.15) is 5.56 Å².